The first-order chi connectivity index (χ1) is 12.9. The van der Waals surface area contributed by atoms with Gasteiger partial charge in [-0.05, 0) is 36.6 Å². The van der Waals surface area contributed by atoms with Gasteiger partial charge in [-0.1, -0.05) is 64.9 Å². The van der Waals surface area contributed by atoms with Crippen LogP contribution in [0.4, 0.5) is 0 Å². The van der Waals surface area contributed by atoms with E-state index in [2.05, 4.69) is 63.2 Å². The Balaban J connectivity index is 2.84. The van der Waals surface area contributed by atoms with Crippen molar-refractivity contribution in [1.29, 1.82) is 0 Å². The van der Waals surface area contributed by atoms with Crippen molar-refractivity contribution in [3.8, 4) is 17.2 Å². The molecule has 1 aromatic rings. The molecule has 2 nitrogen and oxygen atoms in total. The maximum absolute atomic E-state index is 6.17. The van der Waals surface area contributed by atoms with Crippen molar-refractivity contribution >= 4 is 8.07 Å². The molecule has 0 aromatic heterocycles. The topological polar surface area (TPSA) is 18.5 Å². The first kappa shape index (κ1) is 23.4. The number of ether oxygens (including phenoxy) is 2. The summed E-state index contributed by atoms with van der Waals surface area (Å²) in [5, 5.41) is 0. The molecule has 1 rings (SSSR count). The van der Waals surface area contributed by atoms with Crippen molar-refractivity contribution in [3.05, 3.63) is 41.7 Å². The van der Waals surface area contributed by atoms with E-state index in [1.807, 2.05) is 12.1 Å². The highest BCUT2D eigenvalue weighted by Gasteiger charge is 2.11. The van der Waals surface area contributed by atoms with Crippen molar-refractivity contribution in [2.45, 2.75) is 78.6 Å². The number of methoxy groups -OCH3 is 1. The highest BCUT2D eigenvalue weighted by atomic mass is 28.3. The molecular weight excluding hydrogens is 348 g/mol. The average Bonchev–Trinajstić information content (AvgIpc) is 2.64. The average molecular weight is 387 g/mol. The molecule has 0 fully saturated rings. The summed E-state index contributed by atoms with van der Waals surface area (Å²) >= 11 is 0. The fraction of sp³-hybridized carbons (Fsp3) is 0.583. The van der Waals surface area contributed by atoms with Crippen molar-refractivity contribution in [1.82, 2.24) is 0 Å². The molecule has 150 valence electrons. The van der Waals surface area contributed by atoms with Crippen LogP contribution in [-0.4, -0.2) is 15.2 Å². The third kappa shape index (κ3) is 10.9. The minimum atomic E-state index is -1.36. The summed E-state index contributed by atoms with van der Waals surface area (Å²) in [5.74, 6) is 5.82. The molecular formula is C24H38O2Si. The Morgan fingerprint density at radius 1 is 1.07 bits per heavy atom. The van der Waals surface area contributed by atoms with Gasteiger partial charge in [-0.15, -0.1) is 11.5 Å². The van der Waals surface area contributed by atoms with Crippen LogP contribution in [-0.2, 0) is 11.3 Å². The molecule has 0 N–H and O–H groups in total. The minimum absolute atomic E-state index is 0.306. The van der Waals surface area contributed by atoms with Crippen LogP contribution in [0.25, 0.3) is 0 Å². The van der Waals surface area contributed by atoms with Crippen LogP contribution < -0.4 is 4.74 Å². The van der Waals surface area contributed by atoms with Crippen LogP contribution in [0.3, 0.4) is 0 Å². The fourth-order valence-electron chi connectivity index (χ4n) is 2.69. The van der Waals surface area contributed by atoms with E-state index in [-0.39, 0.29) is 0 Å². The molecule has 0 unspecified atom stereocenters. The number of hydrogen-bond donors (Lipinski definition) is 0. The maximum Gasteiger partial charge on any atom is 0.129 e. The fourth-order valence-corrected chi connectivity index (χ4v) is 3.31. The van der Waals surface area contributed by atoms with Gasteiger partial charge in [0.2, 0.25) is 0 Å². The second-order valence-electron chi connectivity index (χ2n) is 8.14. The molecule has 1 aromatic carbocycles. The smallest absolute Gasteiger partial charge is 0.129 e. The second-order valence-corrected chi connectivity index (χ2v) is 12.9. The quantitative estimate of drug-likeness (QED) is 0.177. The van der Waals surface area contributed by atoms with Crippen LogP contribution >= 0.6 is 0 Å². The zero-order valence-electron chi connectivity index (χ0n) is 18.2. The van der Waals surface area contributed by atoms with Gasteiger partial charge < -0.3 is 9.47 Å². The molecule has 0 bridgehead atoms. The Kier molecular flexibility index (Phi) is 11.0. The highest BCUT2D eigenvalue weighted by Crippen LogP contribution is 2.19. The van der Waals surface area contributed by atoms with E-state index >= 15 is 0 Å². The van der Waals surface area contributed by atoms with Crippen molar-refractivity contribution in [2.24, 2.45) is 5.92 Å². The second kappa shape index (κ2) is 12.7. The lowest BCUT2D eigenvalue weighted by atomic mass is 10.0. The molecule has 0 radical (unpaired) electrons. The number of benzene rings is 1. The molecule has 0 saturated heterocycles. The van der Waals surface area contributed by atoms with Gasteiger partial charge in [0.05, 0.1) is 12.9 Å². The Labute approximate surface area is 168 Å². The Morgan fingerprint density at radius 2 is 1.78 bits per heavy atom. The van der Waals surface area contributed by atoms with Crippen LogP contribution in [0, 0.1) is 17.4 Å². The molecule has 0 aliphatic heterocycles. The van der Waals surface area contributed by atoms with Crippen LogP contribution in [0.15, 0.2) is 36.1 Å². The van der Waals surface area contributed by atoms with Gasteiger partial charge in [0.15, 0.2) is 0 Å². The van der Waals surface area contributed by atoms with Gasteiger partial charge in [0.25, 0.3) is 0 Å². The minimum Gasteiger partial charge on any atom is -0.497 e. The van der Waals surface area contributed by atoms with Gasteiger partial charge >= 0.3 is 0 Å². The van der Waals surface area contributed by atoms with E-state index in [1.165, 1.54) is 19.3 Å². The summed E-state index contributed by atoms with van der Waals surface area (Å²) in [6.07, 6.45) is 9.21. The van der Waals surface area contributed by atoms with Gasteiger partial charge in [0.1, 0.15) is 20.4 Å². The number of rotatable bonds is 11. The largest absolute Gasteiger partial charge is 0.497 e. The van der Waals surface area contributed by atoms with E-state index in [0.29, 0.717) is 12.5 Å². The first-order valence-corrected chi connectivity index (χ1v) is 13.9. The number of unbranched alkanes of at least 4 members (excludes halogenated alkanes) is 2. The van der Waals surface area contributed by atoms with Gasteiger partial charge in [-0.2, -0.15) is 0 Å². The SMILES string of the molecule is CCCCC[C@@H](C#C[Si](C)(C)C)/C=C(\CCC)OCc1ccc(OC)cc1. The zero-order valence-corrected chi connectivity index (χ0v) is 19.2. The lowest BCUT2D eigenvalue weighted by molar-refractivity contribution is 0.186. The number of allylic oxidation sites excluding steroid dienone is 2. The van der Waals surface area contributed by atoms with Crippen molar-refractivity contribution < 1.29 is 9.47 Å². The van der Waals surface area contributed by atoms with Crippen LogP contribution in [0.1, 0.15) is 57.9 Å². The first-order valence-electron chi connectivity index (χ1n) is 10.4. The Morgan fingerprint density at radius 3 is 2.33 bits per heavy atom. The third-order valence-corrected chi connectivity index (χ3v) is 5.11. The predicted molar refractivity (Wildman–Crippen MR) is 120 cm³/mol. The molecule has 1 atom stereocenters. The molecule has 0 aliphatic rings. The van der Waals surface area contributed by atoms with Gasteiger partial charge in [-0.3, -0.25) is 0 Å². The van der Waals surface area contributed by atoms with E-state index in [1.54, 1.807) is 7.11 Å². The number of hydrogen-bond acceptors (Lipinski definition) is 2. The molecule has 0 aliphatic carbocycles. The zero-order chi connectivity index (χ0) is 20.1. The monoisotopic (exact) mass is 386 g/mol. The molecule has 0 saturated carbocycles. The summed E-state index contributed by atoms with van der Waals surface area (Å²) in [5.41, 5.74) is 4.72. The summed E-state index contributed by atoms with van der Waals surface area (Å²) in [4.78, 5) is 0. The summed E-state index contributed by atoms with van der Waals surface area (Å²) in [6.45, 7) is 12.0. The molecule has 0 amide bonds. The molecule has 3 heteroatoms. The normalized spacial score (nSPS) is 12.9. The van der Waals surface area contributed by atoms with E-state index in [9.17, 15) is 0 Å². The van der Waals surface area contributed by atoms with Crippen LogP contribution in [0.2, 0.25) is 19.6 Å². The summed E-state index contributed by atoms with van der Waals surface area (Å²) in [7, 11) is 0.328. The van der Waals surface area contributed by atoms with E-state index < -0.39 is 8.07 Å². The highest BCUT2D eigenvalue weighted by molar-refractivity contribution is 6.83. The maximum atomic E-state index is 6.17. The van der Waals surface area contributed by atoms with Gasteiger partial charge in [0, 0.05) is 12.3 Å². The van der Waals surface area contributed by atoms with Crippen LogP contribution in [0.5, 0.6) is 5.75 Å². The standard InChI is InChI=1S/C24H38O2Si/c1-7-9-10-12-21(17-18-27(4,5)6)19-24(11-8-2)26-20-22-13-15-23(25-3)16-14-22/h13-16,19,21H,7-12,20H2,1-6H3/b24-19+/t21-/m0/s1. The van der Waals surface area contributed by atoms with Crippen molar-refractivity contribution in [2.75, 3.05) is 7.11 Å². The van der Waals surface area contributed by atoms with Gasteiger partial charge in [-0.25, -0.2) is 0 Å². The van der Waals surface area contributed by atoms with Crippen molar-refractivity contribution in [3.63, 3.8) is 0 Å². The predicted octanol–water partition coefficient (Wildman–Crippen LogP) is 6.97. The summed E-state index contributed by atoms with van der Waals surface area (Å²) in [6, 6.07) is 8.09. The van der Waals surface area contributed by atoms with E-state index in [4.69, 9.17) is 9.47 Å². The Bertz CT molecular complexity index is 615. The lowest BCUT2D eigenvalue weighted by Gasteiger charge is -2.14. The third-order valence-electron chi connectivity index (χ3n) is 4.22. The summed E-state index contributed by atoms with van der Waals surface area (Å²) < 4.78 is 11.4. The molecule has 0 heterocycles. The Hall–Kier alpha value is -1.66. The van der Waals surface area contributed by atoms with E-state index in [0.717, 1.165) is 36.3 Å². The molecule has 0 spiro atoms. The molecule has 27 heavy (non-hydrogen) atoms. The lowest BCUT2D eigenvalue weighted by Crippen LogP contribution is -2.17.